The molecule has 2 aliphatic carbocycles. The third-order valence-electron chi connectivity index (χ3n) is 3.76. The number of nitrogens with one attached hydrogen (secondary N) is 1. The molecule has 1 unspecified atom stereocenters. The predicted molar refractivity (Wildman–Crippen MR) is 58.7 cm³/mol. The van der Waals surface area contributed by atoms with Crippen molar-refractivity contribution in [3.8, 4) is 0 Å². The van der Waals surface area contributed by atoms with E-state index in [1.165, 1.54) is 25.7 Å². The fraction of sp³-hybridized carbons (Fsp3) is 0.917. The van der Waals surface area contributed by atoms with Gasteiger partial charge in [-0.2, -0.15) is 0 Å². The maximum Gasteiger partial charge on any atom is 0.320 e. The van der Waals surface area contributed by atoms with Gasteiger partial charge in [0, 0.05) is 0 Å². The van der Waals surface area contributed by atoms with E-state index in [2.05, 4.69) is 5.32 Å². The first-order valence-corrected chi connectivity index (χ1v) is 6.18. The van der Waals surface area contributed by atoms with Gasteiger partial charge < -0.3 is 10.4 Å². The summed E-state index contributed by atoms with van der Waals surface area (Å²) in [7, 11) is 0. The van der Waals surface area contributed by atoms with Gasteiger partial charge in [0.2, 0.25) is 0 Å². The largest absolute Gasteiger partial charge is 0.480 e. The molecule has 0 aromatic heterocycles. The summed E-state index contributed by atoms with van der Waals surface area (Å²) >= 11 is 0. The number of carbonyl (C=O) groups is 1. The van der Waals surface area contributed by atoms with Crippen molar-refractivity contribution < 1.29 is 9.90 Å². The van der Waals surface area contributed by atoms with Crippen molar-refractivity contribution in [3.63, 3.8) is 0 Å². The Hall–Kier alpha value is -0.570. The highest BCUT2D eigenvalue weighted by atomic mass is 16.4. The van der Waals surface area contributed by atoms with Crippen molar-refractivity contribution in [3.05, 3.63) is 0 Å². The molecular weight excluding hydrogens is 190 g/mol. The minimum absolute atomic E-state index is 0.343. The van der Waals surface area contributed by atoms with Crippen LogP contribution in [0.4, 0.5) is 0 Å². The molecule has 1 atom stereocenters. The lowest BCUT2D eigenvalue weighted by Crippen LogP contribution is -2.39. The van der Waals surface area contributed by atoms with Crippen LogP contribution in [0.2, 0.25) is 0 Å². The zero-order valence-corrected chi connectivity index (χ0v) is 9.41. The molecule has 0 aromatic carbocycles. The average Bonchev–Trinajstić information content (AvgIpc) is 3.00. The van der Waals surface area contributed by atoms with E-state index in [1.54, 1.807) is 0 Å². The van der Waals surface area contributed by atoms with Crippen LogP contribution in [-0.2, 0) is 4.79 Å². The third-order valence-corrected chi connectivity index (χ3v) is 3.76. The molecule has 2 aliphatic rings. The lowest BCUT2D eigenvalue weighted by atomic mass is 9.97. The Kier molecular flexibility index (Phi) is 3.29. The van der Waals surface area contributed by atoms with E-state index >= 15 is 0 Å². The van der Waals surface area contributed by atoms with Crippen LogP contribution in [0.1, 0.15) is 39.0 Å². The summed E-state index contributed by atoms with van der Waals surface area (Å²) in [6.45, 7) is 2.84. The molecule has 0 radical (unpaired) electrons. The molecular formula is C12H21NO2. The molecule has 3 heteroatoms. The number of carboxylic acids is 1. The second-order valence-corrected chi connectivity index (χ2v) is 5.05. The highest BCUT2D eigenvalue weighted by molar-refractivity contribution is 5.73. The molecule has 2 N–H and O–H groups in total. The van der Waals surface area contributed by atoms with Crippen molar-refractivity contribution >= 4 is 5.97 Å². The lowest BCUT2D eigenvalue weighted by Gasteiger charge is -2.19. The molecule has 0 spiro atoms. The highest BCUT2D eigenvalue weighted by Crippen LogP contribution is 2.48. The van der Waals surface area contributed by atoms with Crippen molar-refractivity contribution in [2.45, 2.75) is 45.1 Å². The standard InChI is InChI=1S/C12H21NO2/c1-2-11(12(14)15)13-7-10(8-3-4-8)9-5-6-9/h8-11,13H,2-7H2,1H3,(H,14,15). The van der Waals surface area contributed by atoms with Gasteiger partial charge in [0.1, 0.15) is 6.04 Å². The van der Waals surface area contributed by atoms with E-state index in [1.807, 2.05) is 6.92 Å². The van der Waals surface area contributed by atoms with E-state index in [-0.39, 0.29) is 6.04 Å². The van der Waals surface area contributed by atoms with E-state index in [0.717, 1.165) is 24.3 Å². The van der Waals surface area contributed by atoms with Gasteiger partial charge in [0.15, 0.2) is 0 Å². The molecule has 15 heavy (non-hydrogen) atoms. The maximum atomic E-state index is 10.9. The summed E-state index contributed by atoms with van der Waals surface area (Å²) in [4.78, 5) is 10.9. The number of aliphatic carboxylic acids is 1. The fourth-order valence-corrected chi connectivity index (χ4v) is 2.45. The van der Waals surface area contributed by atoms with Crippen LogP contribution in [0.5, 0.6) is 0 Å². The van der Waals surface area contributed by atoms with Crippen LogP contribution < -0.4 is 5.32 Å². The molecule has 0 bridgehead atoms. The summed E-state index contributed by atoms with van der Waals surface area (Å²) in [5.74, 6) is 1.86. The first-order chi connectivity index (χ1) is 7.22. The Bertz CT molecular complexity index is 222. The second-order valence-electron chi connectivity index (χ2n) is 5.05. The van der Waals surface area contributed by atoms with Crippen molar-refractivity contribution in [1.29, 1.82) is 0 Å². The molecule has 0 saturated heterocycles. The van der Waals surface area contributed by atoms with Crippen LogP contribution in [-0.4, -0.2) is 23.7 Å². The van der Waals surface area contributed by atoms with E-state index in [9.17, 15) is 4.79 Å². The summed E-state index contributed by atoms with van der Waals surface area (Å²) in [6.07, 6.45) is 6.15. The summed E-state index contributed by atoms with van der Waals surface area (Å²) in [5, 5.41) is 12.1. The summed E-state index contributed by atoms with van der Waals surface area (Å²) < 4.78 is 0. The summed E-state index contributed by atoms with van der Waals surface area (Å²) in [6, 6.07) is -0.343. The third kappa shape index (κ3) is 2.94. The average molecular weight is 211 g/mol. The fourth-order valence-electron chi connectivity index (χ4n) is 2.45. The van der Waals surface area contributed by atoms with E-state index < -0.39 is 5.97 Å². The molecule has 0 aliphatic heterocycles. The Morgan fingerprint density at radius 3 is 2.20 bits per heavy atom. The number of rotatable bonds is 7. The van der Waals surface area contributed by atoms with Crippen LogP contribution in [0, 0.1) is 17.8 Å². The highest BCUT2D eigenvalue weighted by Gasteiger charge is 2.41. The number of hydrogen-bond acceptors (Lipinski definition) is 2. The minimum atomic E-state index is -0.706. The predicted octanol–water partition coefficient (Wildman–Crippen LogP) is 1.88. The molecule has 0 amide bonds. The molecule has 0 aromatic rings. The van der Waals surface area contributed by atoms with Gasteiger partial charge >= 0.3 is 5.97 Å². The van der Waals surface area contributed by atoms with Gasteiger partial charge in [-0.15, -0.1) is 0 Å². The first-order valence-electron chi connectivity index (χ1n) is 6.18. The van der Waals surface area contributed by atoms with Crippen LogP contribution in [0.3, 0.4) is 0 Å². The van der Waals surface area contributed by atoms with Crippen molar-refractivity contribution in [2.24, 2.45) is 17.8 Å². The first kappa shape index (κ1) is 10.9. The molecule has 3 nitrogen and oxygen atoms in total. The van der Waals surface area contributed by atoms with Crippen LogP contribution >= 0.6 is 0 Å². The van der Waals surface area contributed by atoms with E-state index in [0.29, 0.717) is 6.42 Å². The number of hydrogen-bond donors (Lipinski definition) is 2. The summed E-state index contributed by atoms with van der Waals surface area (Å²) in [5.41, 5.74) is 0. The quantitative estimate of drug-likeness (QED) is 0.676. The minimum Gasteiger partial charge on any atom is -0.480 e. The Morgan fingerprint density at radius 2 is 1.87 bits per heavy atom. The lowest BCUT2D eigenvalue weighted by molar-refractivity contribution is -0.139. The van der Waals surface area contributed by atoms with Gasteiger partial charge in [-0.3, -0.25) is 4.79 Å². The van der Waals surface area contributed by atoms with Crippen LogP contribution in [0.25, 0.3) is 0 Å². The van der Waals surface area contributed by atoms with Crippen LogP contribution in [0.15, 0.2) is 0 Å². The van der Waals surface area contributed by atoms with Gasteiger partial charge in [0.05, 0.1) is 0 Å². The normalized spacial score (nSPS) is 23.1. The van der Waals surface area contributed by atoms with Crippen molar-refractivity contribution in [2.75, 3.05) is 6.54 Å². The van der Waals surface area contributed by atoms with Gasteiger partial charge in [-0.1, -0.05) is 6.92 Å². The van der Waals surface area contributed by atoms with Gasteiger partial charge in [-0.25, -0.2) is 0 Å². The Balaban J connectivity index is 1.76. The van der Waals surface area contributed by atoms with Gasteiger partial charge in [-0.05, 0) is 56.4 Å². The van der Waals surface area contributed by atoms with Gasteiger partial charge in [0.25, 0.3) is 0 Å². The monoisotopic (exact) mass is 211 g/mol. The smallest absolute Gasteiger partial charge is 0.320 e. The molecule has 0 heterocycles. The number of carboxylic acid groups (broad SMARTS) is 1. The Morgan fingerprint density at radius 1 is 1.33 bits per heavy atom. The molecule has 2 rings (SSSR count). The topological polar surface area (TPSA) is 49.3 Å². The maximum absolute atomic E-state index is 10.9. The van der Waals surface area contributed by atoms with E-state index in [4.69, 9.17) is 5.11 Å². The Labute approximate surface area is 91.2 Å². The SMILES string of the molecule is CCC(NCC(C1CC1)C1CC1)C(=O)O. The molecule has 86 valence electrons. The molecule has 2 saturated carbocycles. The zero-order valence-electron chi connectivity index (χ0n) is 9.41. The molecule has 2 fully saturated rings. The zero-order chi connectivity index (χ0) is 10.8. The van der Waals surface area contributed by atoms with Crippen molar-refractivity contribution in [1.82, 2.24) is 5.32 Å². The second kappa shape index (κ2) is 4.52.